The molecule has 0 atom stereocenters. The van der Waals surface area contributed by atoms with Crippen molar-refractivity contribution in [3.8, 4) is 11.8 Å². The molecule has 1 amide bonds. The molecule has 0 aliphatic rings. The lowest BCUT2D eigenvalue weighted by Crippen LogP contribution is -2.33. The Hall–Kier alpha value is -2.84. The summed E-state index contributed by atoms with van der Waals surface area (Å²) in [5.74, 6) is 0.640. The average Bonchev–Trinajstić information content (AvgIpc) is 2.72. The standard InChI is InChI=1S/C22H26N2O3/c1-2-26-17-18-27-21-11-9-20(10-12-21)22(25)24(15-6-14-23)16-13-19-7-4-3-5-8-19/h3-5,7-12H,2,6,13,15-18H2,1H3. The van der Waals surface area contributed by atoms with Crippen molar-refractivity contribution in [1.29, 1.82) is 5.26 Å². The van der Waals surface area contributed by atoms with Crippen molar-refractivity contribution in [2.45, 2.75) is 19.8 Å². The van der Waals surface area contributed by atoms with Crippen molar-refractivity contribution in [3.63, 3.8) is 0 Å². The summed E-state index contributed by atoms with van der Waals surface area (Å²) in [7, 11) is 0. The topological polar surface area (TPSA) is 62.6 Å². The molecule has 0 saturated heterocycles. The van der Waals surface area contributed by atoms with Crippen molar-refractivity contribution >= 4 is 5.91 Å². The summed E-state index contributed by atoms with van der Waals surface area (Å²) in [4.78, 5) is 14.6. The van der Waals surface area contributed by atoms with Crippen LogP contribution in [0.15, 0.2) is 54.6 Å². The Kier molecular flexibility index (Phi) is 8.88. The lowest BCUT2D eigenvalue weighted by molar-refractivity contribution is 0.0760. The second-order valence-electron chi connectivity index (χ2n) is 6.01. The summed E-state index contributed by atoms with van der Waals surface area (Å²) in [6.07, 6.45) is 1.08. The molecule has 2 aromatic carbocycles. The molecule has 0 aliphatic heterocycles. The fraction of sp³-hybridized carbons (Fsp3) is 0.364. The number of amides is 1. The second-order valence-corrected chi connectivity index (χ2v) is 6.01. The monoisotopic (exact) mass is 366 g/mol. The van der Waals surface area contributed by atoms with Gasteiger partial charge < -0.3 is 14.4 Å². The first-order chi connectivity index (χ1) is 13.2. The Morgan fingerprint density at radius 3 is 2.44 bits per heavy atom. The summed E-state index contributed by atoms with van der Waals surface area (Å²) in [5, 5.41) is 8.90. The fourth-order valence-corrected chi connectivity index (χ4v) is 2.65. The minimum atomic E-state index is -0.0675. The first kappa shape index (κ1) is 20.5. The van der Waals surface area contributed by atoms with E-state index >= 15 is 0 Å². The number of carbonyl (C=O) groups excluding carboxylic acids is 1. The molecule has 0 aliphatic carbocycles. The van der Waals surface area contributed by atoms with E-state index in [0.29, 0.717) is 50.6 Å². The van der Waals surface area contributed by atoms with Crippen LogP contribution in [0.2, 0.25) is 0 Å². The molecule has 27 heavy (non-hydrogen) atoms. The third-order valence-electron chi connectivity index (χ3n) is 4.10. The van der Waals surface area contributed by atoms with Gasteiger partial charge in [-0.05, 0) is 43.2 Å². The van der Waals surface area contributed by atoms with Gasteiger partial charge in [0.05, 0.1) is 19.1 Å². The molecule has 0 aromatic heterocycles. The number of carbonyl (C=O) groups is 1. The smallest absolute Gasteiger partial charge is 0.253 e. The van der Waals surface area contributed by atoms with Crippen molar-refractivity contribution in [1.82, 2.24) is 4.90 Å². The van der Waals surface area contributed by atoms with Crippen LogP contribution in [0.3, 0.4) is 0 Å². The highest BCUT2D eigenvalue weighted by atomic mass is 16.5. The third-order valence-corrected chi connectivity index (χ3v) is 4.10. The largest absolute Gasteiger partial charge is 0.491 e. The number of rotatable bonds is 11. The average molecular weight is 366 g/mol. The molecule has 0 fully saturated rings. The van der Waals surface area contributed by atoms with Gasteiger partial charge >= 0.3 is 0 Å². The highest BCUT2D eigenvalue weighted by Crippen LogP contribution is 2.14. The molecule has 0 spiro atoms. The van der Waals surface area contributed by atoms with Gasteiger partial charge in [0.25, 0.3) is 5.91 Å². The number of ether oxygens (including phenoxy) is 2. The molecular formula is C22H26N2O3. The molecule has 5 nitrogen and oxygen atoms in total. The summed E-state index contributed by atoms with van der Waals surface area (Å²) in [6, 6.07) is 19.3. The second kappa shape index (κ2) is 11.7. The van der Waals surface area contributed by atoms with Crippen molar-refractivity contribution in [3.05, 3.63) is 65.7 Å². The zero-order valence-electron chi connectivity index (χ0n) is 15.8. The van der Waals surface area contributed by atoms with E-state index in [9.17, 15) is 4.79 Å². The van der Waals surface area contributed by atoms with Gasteiger partial charge in [-0.2, -0.15) is 5.26 Å². The van der Waals surface area contributed by atoms with E-state index in [2.05, 4.69) is 6.07 Å². The van der Waals surface area contributed by atoms with E-state index < -0.39 is 0 Å². The lowest BCUT2D eigenvalue weighted by Gasteiger charge is -2.22. The van der Waals surface area contributed by atoms with E-state index in [4.69, 9.17) is 14.7 Å². The minimum absolute atomic E-state index is 0.0675. The van der Waals surface area contributed by atoms with Crippen LogP contribution in [0.1, 0.15) is 29.3 Å². The molecule has 0 radical (unpaired) electrons. The molecular weight excluding hydrogens is 340 g/mol. The lowest BCUT2D eigenvalue weighted by atomic mass is 10.1. The Balaban J connectivity index is 1.95. The third kappa shape index (κ3) is 7.12. The number of hydrogen-bond acceptors (Lipinski definition) is 4. The quantitative estimate of drug-likeness (QED) is 0.569. The first-order valence-corrected chi connectivity index (χ1v) is 9.25. The molecule has 2 aromatic rings. The maximum absolute atomic E-state index is 12.8. The van der Waals surface area contributed by atoms with Gasteiger partial charge in [0.1, 0.15) is 12.4 Å². The predicted octanol–water partition coefficient (Wildman–Crippen LogP) is 3.70. The first-order valence-electron chi connectivity index (χ1n) is 9.25. The van der Waals surface area contributed by atoms with Crippen LogP contribution in [-0.4, -0.2) is 43.7 Å². The van der Waals surface area contributed by atoms with Gasteiger partial charge in [0.15, 0.2) is 0 Å². The summed E-state index contributed by atoms with van der Waals surface area (Å²) in [6.45, 7) is 4.63. The summed E-state index contributed by atoms with van der Waals surface area (Å²) in [5.41, 5.74) is 1.77. The summed E-state index contributed by atoms with van der Waals surface area (Å²) >= 11 is 0. The maximum atomic E-state index is 12.8. The van der Waals surface area contributed by atoms with E-state index in [1.807, 2.05) is 37.3 Å². The highest BCUT2D eigenvalue weighted by Gasteiger charge is 2.15. The SMILES string of the molecule is CCOCCOc1ccc(C(=O)N(CCC#N)CCc2ccccc2)cc1. The van der Waals surface area contributed by atoms with Crippen molar-refractivity contribution in [2.24, 2.45) is 0 Å². The Labute approximate surface area is 161 Å². The highest BCUT2D eigenvalue weighted by molar-refractivity contribution is 5.94. The molecule has 5 heteroatoms. The van der Waals surface area contributed by atoms with E-state index in [1.54, 1.807) is 29.2 Å². The van der Waals surface area contributed by atoms with Crippen LogP contribution in [0.5, 0.6) is 5.75 Å². The molecule has 0 heterocycles. The minimum Gasteiger partial charge on any atom is -0.491 e. The van der Waals surface area contributed by atoms with Crippen LogP contribution >= 0.6 is 0 Å². The zero-order chi connectivity index (χ0) is 19.3. The van der Waals surface area contributed by atoms with Gasteiger partial charge in [-0.3, -0.25) is 4.79 Å². The number of hydrogen-bond donors (Lipinski definition) is 0. The van der Waals surface area contributed by atoms with Crippen molar-refractivity contribution in [2.75, 3.05) is 32.9 Å². The Bertz CT molecular complexity index is 723. The van der Waals surface area contributed by atoms with Crippen LogP contribution in [0, 0.1) is 11.3 Å². The van der Waals surface area contributed by atoms with E-state index in [-0.39, 0.29) is 5.91 Å². The number of nitrogens with zero attached hydrogens (tertiary/aromatic N) is 2. The van der Waals surface area contributed by atoms with Crippen LogP contribution < -0.4 is 4.74 Å². The van der Waals surface area contributed by atoms with Gasteiger partial charge in [-0.1, -0.05) is 30.3 Å². The van der Waals surface area contributed by atoms with Crippen LogP contribution in [-0.2, 0) is 11.2 Å². The molecule has 0 N–H and O–H groups in total. The molecule has 142 valence electrons. The van der Waals surface area contributed by atoms with Gasteiger partial charge in [-0.15, -0.1) is 0 Å². The molecule has 0 unspecified atom stereocenters. The normalized spacial score (nSPS) is 10.2. The number of nitriles is 1. The maximum Gasteiger partial charge on any atom is 0.253 e. The summed E-state index contributed by atoms with van der Waals surface area (Å²) < 4.78 is 10.8. The van der Waals surface area contributed by atoms with E-state index in [1.165, 1.54) is 5.56 Å². The van der Waals surface area contributed by atoms with Crippen LogP contribution in [0.25, 0.3) is 0 Å². The van der Waals surface area contributed by atoms with Gasteiger partial charge in [0, 0.05) is 25.3 Å². The van der Waals surface area contributed by atoms with Crippen LogP contribution in [0.4, 0.5) is 0 Å². The fourth-order valence-electron chi connectivity index (χ4n) is 2.65. The Morgan fingerprint density at radius 2 is 1.78 bits per heavy atom. The van der Waals surface area contributed by atoms with E-state index in [0.717, 1.165) is 6.42 Å². The predicted molar refractivity (Wildman–Crippen MR) is 105 cm³/mol. The Morgan fingerprint density at radius 1 is 1.04 bits per heavy atom. The molecule has 2 rings (SSSR count). The number of benzene rings is 2. The van der Waals surface area contributed by atoms with Gasteiger partial charge in [-0.25, -0.2) is 0 Å². The van der Waals surface area contributed by atoms with Gasteiger partial charge in [0.2, 0.25) is 0 Å². The molecule has 0 bridgehead atoms. The zero-order valence-corrected chi connectivity index (χ0v) is 15.8. The van der Waals surface area contributed by atoms with Crippen molar-refractivity contribution < 1.29 is 14.3 Å². The molecule has 0 saturated carbocycles.